The summed E-state index contributed by atoms with van der Waals surface area (Å²) < 4.78 is 58.3. The topological polar surface area (TPSA) is 203 Å². The molecule has 0 aromatic rings. The van der Waals surface area contributed by atoms with Crippen molar-refractivity contribution in [1.82, 2.24) is 20.0 Å². The van der Waals surface area contributed by atoms with Crippen LogP contribution < -0.4 is 5.32 Å². The Morgan fingerprint density at radius 2 is 0.942 bits per heavy atom. The van der Waals surface area contributed by atoms with Crippen LogP contribution in [-0.2, 0) is 42.6 Å². The van der Waals surface area contributed by atoms with Crippen LogP contribution in [0.15, 0.2) is 0 Å². The average Bonchev–Trinajstić information content (AvgIpc) is 1.46. The lowest BCUT2D eigenvalue weighted by Gasteiger charge is -2.64. The average molecular weight is 1450 g/mol. The molecule has 16 aliphatic rings. The van der Waals surface area contributed by atoms with Gasteiger partial charge in [-0.2, -0.15) is 0 Å². The number of ether oxygens (including phenoxy) is 9. The molecule has 18 nitrogen and oxygen atoms in total. The third-order valence-corrected chi connectivity index (χ3v) is 34.7. The summed E-state index contributed by atoms with van der Waals surface area (Å²) in [7, 11) is 0. The van der Waals surface area contributed by atoms with Gasteiger partial charge in [-0.25, -0.2) is 4.79 Å². The first-order valence-corrected chi connectivity index (χ1v) is 42.3. The molecule has 0 unspecified atom stereocenters. The Morgan fingerprint density at radius 1 is 0.544 bits per heavy atom. The molecule has 6 saturated heterocycles. The number of carbonyl (C=O) groups is 1. The van der Waals surface area contributed by atoms with Gasteiger partial charge in [0, 0.05) is 95.4 Å². The maximum absolute atomic E-state index is 12.7. The molecule has 16 fully saturated rings. The van der Waals surface area contributed by atoms with Gasteiger partial charge < -0.3 is 73.3 Å². The molecule has 6 heterocycles. The number of hydrogen-bond acceptors (Lipinski definition) is 17. The van der Waals surface area contributed by atoms with E-state index in [-0.39, 0.29) is 93.2 Å². The van der Waals surface area contributed by atoms with Crippen LogP contribution in [0.25, 0.3) is 0 Å². The molecular formula is C85H144N4O14. The zero-order valence-corrected chi connectivity index (χ0v) is 67.6. The predicted molar refractivity (Wildman–Crippen MR) is 395 cm³/mol. The van der Waals surface area contributed by atoms with Crippen LogP contribution in [-0.4, -0.2) is 224 Å². The van der Waals surface area contributed by atoms with E-state index in [1.54, 1.807) is 0 Å². The highest BCUT2D eigenvalue weighted by Crippen LogP contribution is 2.91. The first kappa shape index (κ1) is 77.0. The highest BCUT2D eigenvalue weighted by atomic mass is 16.7. The lowest BCUT2D eigenvalue weighted by Crippen LogP contribution is -2.60. The minimum absolute atomic E-state index is 0.00261. The van der Waals surface area contributed by atoms with Gasteiger partial charge in [-0.15, -0.1) is 0 Å². The highest BCUT2D eigenvalue weighted by Gasteiger charge is 2.87. The molecule has 1 amide bonds. The van der Waals surface area contributed by atoms with Gasteiger partial charge in [0.15, 0.2) is 12.6 Å². The minimum atomic E-state index is -1.03. The van der Waals surface area contributed by atoms with Crippen molar-refractivity contribution in [3.8, 4) is 0 Å². The second-order valence-corrected chi connectivity index (χ2v) is 42.3. The van der Waals surface area contributed by atoms with Crippen LogP contribution in [0.4, 0.5) is 4.79 Å². The van der Waals surface area contributed by atoms with Crippen molar-refractivity contribution < 1.29 is 67.9 Å². The Morgan fingerprint density at radius 3 is 1.32 bits per heavy atom. The summed E-state index contributed by atoms with van der Waals surface area (Å²) in [4.78, 5) is 19.3. The van der Waals surface area contributed by atoms with Crippen LogP contribution in [0.3, 0.4) is 0 Å². The Labute approximate surface area is 620 Å². The molecule has 28 atom stereocenters. The van der Waals surface area contributed by atoms with Crippen LogP contribution in [0, 0.1) is 113 Å². The number of nitrogens with zero attached hydrogens (tertiary/aromatic N) is 3. The van der Waals surface area contributed by atoms with Crippen molar-refractivity contribution >= 4 is 6.09 Å². The Hall–Kier alpha value is -1.33. The fraction of sp³-hybridized carbons (Fsp3) is 0.988. The summed E-state index contributed by atoms with van der Waals surface area (Å²) in [6.07, 6.45) is 15.6. The Balaban J connectivity index is 0.000000168. The van der Waals surface area contributed by atoms with E-state index in [4.69, 9.17) is 42.6 Å². The van der Waals surface area contributed by atoms with Gasteiger partial charge >= 0.3 is 6.09 Å². The number of fused-ring (bicyclic) bond motifs is 8. The highest BCUT2D eigenvalue weighted by molar-refractivity contribution is 5.69. The van der Waals surface area contributed by atoms with Gasteiger partial charge in [0.2, 0.25) is 0 Å². The molecule has 18 heteroatoms. The van der Waals surface area contributed by atoms with E-state index in [1.807, 2.05) is 67.2 Å². The number of nitrogens with one attached hydrogen (secondary N) is 1. The molecule has 103 heavy (non-hydrogen) atoms. The number of aliphatic hydroxyl groups excluding tert-OH is 2. The molecular weight excluding hydrogens is 1300 g/mol. The van der Waals surface area contributed by atoms with E-state index in [0.29, 0.717) is 89.3 Å². The zero-order chi connectivity index (χ0) is 73.8. The molecule has 16 rings (SSSR count). The lowest BCUT2D eigenvalue weighted by atomic mass is 9.41. The maximum Gasteiger partial charge on any atom is 0.410 e. The van der Waals surface area contributed by atoms with Crippen molar-refractivity contribution in [1.29, 1.82) is 0 Å². The number of rotatable bonds is 16. The van der Waals surface area contributed by atoms with Crippen LogP contribution >= 0.6 is 0 Å². The number of carbonyl (C=O) groups excluding carboxylic acids is 1. The van der Waals surface area contributed by atoms with Crippen molar-refractivity contribution in [2.75, 3.05) is 91.9 Å². The summed E-state index contributed by atoms with van der Waals surface area (Å²) in [5.74, 6) is 4.83. The Bertz CT molecular complexity index is 3070. The van der Waals surface area contributed by atoms with Gasteiger partial charge in [0.05, 0.1) is 73.2 Å². The van der Waals surface area contributed by atoms with Gasteiger partial charge in [0.1, 0.15) is 17.8 Å². The van der Waals surface area contributed by atoms with Gasteiger partial charge in [0.25, 0.3) is 0 Å². The summed E-state index contributed by atoms with van der Waals surface area (Å²) >= 11 is 0. The van der Waals surface area contributed by atoms with Crippen molar-refractivity contribution in [3.05, 3.63) is 0 Å². The third kappa shape index (κ3) is 11.8. The molecule has 0 aromatic carbocycles. The van der Waals surface area contributed by atoms with Gasteiger partial charge in [-0.05, 0) is 262 Å². The quantitative estimate of drug-likeness (QED) is 0.0975. The van der Waals surface area contributed by atoms with Crippen molar-refractivity contribution in [3.63, 3.8) is 0 Å². The van der Waals surface area contributed by atoms with E-state index in [9.17, 15) is 25.2 Å². The lowest BCUT2D eigenvalue weighted by molar-refractivity contribution is -0.249. The van der Waals surface area contributed by atoms with Crippen LogP contribution in [0.1, 0.15) is 234 Å². The third-order valence-electron chi connectivity index (χ3n) is 34.7. The van der Waals surface area contributed by atoms with Crippen LogP contribution in [0.5, 0.6) is 0 Å². The number of likely N-dealkylation sites (tertiary alicyclic amines) is 1. The summed E-state index contributed by atoms with van der Waals surface area (Å²) in [6.45, 7) is 53.7. The smallest absolute Gasteiger partial charge is 0.410 e. The second-order valence-electron chi connectivity index (χ2n) is 42.3. The van der Waals surface area contributed by atoms with Gasteiger partial charge in [-0.1, -0.05) is 69.2 Å². The molecule has 10 aliphatic carbocycles. The SMILES string of the molecule is CCO[C@@H]([C@H]1C[C@@H](C)[C@H]2[C@H](O1)[C@H](O)[C@@]1(C)[C@@H]3CC[C@H]4C(C)(C)[C@@H](O[C@H]5CN(CC6CN(C(=O)OC(C)(C)C)C6)CCO5)CC[C@@]45C[C@@]35CC[C@]21C)C(C)(C)O.CCO[C@@H]([C@H]1C[C@@H](C)[C@H]2[C@H](O1)[C@H](O)[C@@]1(C)[C@@H]3CC[C@H]4C(C)(C)[C@@H](O[C@H]5CN(CC6CNC6)CCO5)CC[C@@]45C[C@@]35CC[C@]21C)C(C)(C)O. The standard InChI is InChI=1S/C45H76N2O8.C40H68N2O6/c1-12-51-37(41(8,9)50)29-21-27(2)34-35(53-29)36(48)43(11)31-14-13-30-40(6,7)32(15-16-44(30)26-45(31,44)18-17-42(34,43)10)54-33-25-46(19-20-52-33)22-28-23-47(24-28)38(49)55-39(3,4)5;1-9-45-34(36(5,6)44)26-18-24(2)31-32(47-26)33(43)38(8)28-11-10-27-35(3,4)29(12-13-39(27)23-40(28,39)15-14-37(31,38)7)48-30-22-42(16-17-46-30)21-25-19-41-20-25/h27-37,48,50H,12-26H2,1-11H3;24-34,41,43-44H,9-23H2,1-8H3/t27-,29-,30+,31+,32+,33+,34+,35+,36+,37+,42-,43-,44-,45+;24-,26-,27+,28+,29+,30+,31+,32+,33+,34+,37-,38-,39-,40+/m11/s1. The molecule has 588 valence electrons. The molecule has 6 aliphatic heterocycles. The second kappa shape index (κ2) is 26.4. The van der Waals surface area contributed by atoms with Crippen molar-refractivity contribution in [2.24, 2.45) is 113 Å². The maximum atomic E-state index is 12.7. The Kier molecular flexibility index (Phi) is 19.7. The van der Waals surface area contributed by atoms with E-state index in [1.165, 1.54) is 64.2 Å². The molecule has 4 spiro atoms. The van der Waals surface area contributed by atoms with Crippen LogP contribution in [0.2, 0.25) is 0 Å². The monoisotopic (exact) mass is 1450 g/mol. The number of amides is 1. The molecule has 10 saturated carbocycles. The van der Waals surface area contributed by atoms with Crippen molar-refractivity contribution in [2.45, 2.75) is 325 Å². The summed E-state index contributed by atoms with van der Waals surface area (Å²) in [6, 6.07) is 0. The largest absolute Gasteiger partial charge is 0.444 e. The number of morpholine rings is 2. The number of hydrogen-bond donors (Lipinski definition) is 5. The van der Waals surface area contributed by atoms with E-state index in [2.05, 4.69) is 84.4 Å². The van der Waals surface area contributed by atoms with Gasteiger partial charge in [-0.3, -0.25) is 9.80 Å². The van der Waals surface area contributed by atoms with E-state index < -0.39 is 41.2 Å². The minimum Gasteiger partial charge on any atom is -0.444 e. The summed E-state index contributed by atoms with van der Waals surface area (Å²) in [5, 5.41) is 50.9. The van der Waals surface area contributed by atoms with E-state index in [0.717, 1.165) is 116 Å². The molecule has 5 N–H and O–H groups in total. The molecule has 0 aromatic heterocycles. The van der Waals surface area contributed by atoms with E-state index >= 15 is 0 Å². The fourth-order valence-electron chi connectivity index (χ4n) is 30.0. The molecule has 0 radical (unpaired) electrons. The first-order valence-electron chi connectivity index (χ1n) is 42.3. The number of aliphatic hydroxyl groups is 4. The summed E-state index contributed by atoms with van der Waals surface area (Å²) in [5.41, 5.74) is -1.50. The first-order chi connectivity index (χ1) is 48.2. The molecule has 0 bridgehead atoms. The predicted octanol–water partition coefficient (Wildman–Crippen LogP) is 12.1. The normalized spacial score (nSPS) is 49.6. The zero-order valence-electron chi connectivity index (χ0n) is 67.6. The fourth-order valence-corrected chi connectivity index (χ4v) is 30.0.